The quantitative estimate of drug-likeness (QED) is 0.788. The van der Waals surface area contributed by atoms with E-state index < -0.39 is 0 Å². The van der Waals surface area contributed by atoms with Crippen molar-refractivity contribution in [2.45, 2.75) is 45.2 Å². The van der Waals surface area contributed by atoms with Crippen LogP contribution in [0.2, 0.25) is 0 Å². The number of hydrogen-bond acceptors (Lipinski definition) is 1. The summed E-state index contributed by atoms with van der Waals surface area (Å²) in [5.41, 5.74) is 5.73. The van der Waals surface area contributed by atoms with Crippen molar-refractivity contribution in [1.29, 1.82) is 0 Å². The molecule has 3 rings (SSSR count). The number of fused-ring (bicyclic) bond motifs is 1. The summed E-state index contributed by atoms with van der Waals surface area (Å²) in [5, 5.41) is 3.79. The summed E-state index contributed by atoms with van der Waals surface area (Å²) in [4.78, 5) is 0. The molecule has 2 aromatic rings. The maximum absolute atomic E-state index is 3.79. The van der Waals surface area contributed by atoms with Gasteiger partial charge in [-0.3, -0.25) is 0 Å². The average Bonchev–Trinajstić information content (AvgIpc) is 2.89. The first kappa shape index (κ1) is 14.8. The van der Waals surface area contributed by atoms with E-state index in [4.69, 9.17) is 0 Å². The standard InChI is InChI=1S/C19H22BrN/c1-3-14-4-6-15(7-5-14)13(2)21-19-11-8-16-12-17(20)9-10-18(16)19/h4-7,9-10,12-13,19,21H,3,8,11H2,1-2H3. The number of hydrogen-bond donors (Lipinski definition) is 1. The third-order valence-electron chi connectivity index (χ3n) is 4.52. The molecule has 0 fully saturated rings. The van der Waals surface area contributed by atoms with Gasteiger partial charge >= 0.3 is 0 Å². The lowest BCUT2D eigenvalue weighted by molar-refractivity contribution is 0.465. The Balaban J connectivity index is 1.72. The van der Waals surface area contributed by atoms with Crippen LogP contribution in [0, 0.1) is 0 Å². The normalized spacial score (nSPS) is 18.5. The molecule has 1 aliphatic carbocycles. The summed E-state index contributed by atoms with van der Waals surface area (Å²) in [6.45, 7) is 4.46. The minimum absolute atomic E-state index is 0.385. The molecular formula is C19H22BrN. The molecule has 0 aliphatic heterocycles. The van der Waals surface area contributed by atoms with Crippen LogP contribution in [0.3, 0.4) is 0 Å². The molecule has 1 N–H and O–H groups in total. The molecule has 0 saturated heterocycles. The molecule has 0 radical (unpaired) electrons. The maximum atomic E-state index is 3.79. The van der Waals surface area contributed by atoms with Gasteiger partial charge in [-0.05, 0) is 60.6 Å². The molecule has 2 aromatic carbocycles. The second-order valence-corrected chi connectivity index (χ2v) is 6.83. The molecule has 0 bridgehead atoms. The molecule has 2 unspecified atom stereocenters. The molecule has 110 valence electrons. The van der Waals surface area contributed by atoms with Crippen LogP contribution in [-0.2, 0) is 12.8 Å². The lowest BCUT2D eigenvalue weighted by Gasteiger charge is -2.21. The highest BCUT2D eigenvalue weighted by Gasteiger charge is 2.23. The number of aryl methyl sites for hydroxylation is 2. The van der Waals surface area contributed by atoms with Gasteiger partial charge in [-0.1, -0.05) is 53.2 Å². The number of halogens is 1. The molecule has 1 aliphatic rings. The van der Waals surface area contributed by atoms with Gasteiger partial charge in [-0.15, -0.1) is 0 Å². The Morgan fingerprint density at radius 1 is 1.19 bits per heavy atom. The van der Waals surface area contributed by atoms with Crippen molar-refractivity contribution in [3.63, 3.8) is 0 Å². The Labute approximate surface area is 135 Å². The van der Waals surface area contributed by atoms with Crippen LogP contribution in [-0.4, -0.2) is 0 Å². The van der Waals surface area contributed by atoms with E-state index in [2.05, 4.69) is 77.6 Å². The summed E-state index contributed by atoms with van der Waals surface area (Å²) in [7, 11) is 0. The Morgan fingerprint density at radius 3 is 2.67 bits per heavy atom. The maximum Gasteiger partial charge on any atom is 0.0331 e. The number of nitrogens with one attached hydrogen (secondary N) is 1. The Kier molecular flexibility index (Phi) is 4.46. The van der Waals surface area contributed by atoms with E-state index >= 15 is 0 Å². The second kappa shape index (κ2) is 6.33. The van der Waals surface area contributed by atoms with Crippen LogP contribution in [0.1, 0.15) is 54.6 Å². The first-order valence-corrected chi connectivity index (χ1v) is 8.60. The van der Waals surface area contributed by atoms with Crippen LogP contribution in [0.15, 0.2) is 46.9 Å². The monoisotopic (exact) mass is 343 g/mol. The largest absolute Gasteiger partial charge is 0.303 e. The van der Waals surface area contributed by atoms with Gasteiger partial charge < -0.3 is 5.32 Å². The average molecular weight is 344 g/mol. The van der Waals surface area contributed by atoms with Crippen LogP contribution in [0.4, 0.5) is 0 Å². The van der Waals surface area contributed by atoms with Gasteiger partial charge in [-0.25, -0.2) is 0 Å². The summed E-state index contributed by atoms with van der Waals surface area (Å²) < 4.78 is 1.19. The topological polar surface area (TPSA) is 12.0 Å². The molecule has 0 saturated carbocycles. The zero-order valence-electron chi connectivity index (χ0n) is 12.7. The van der Waals surface area contributed by atoms with Crippen molar-refractivity contribution >= 4 is 15.9 Å². The van der Waals surface area contributed by atoms with Crippen LogP contribution < -0.4 is 5.32 Å². The molecule has 0 aromatic heterocycles. The highest BCUT2D eigenvalue weighted by Crippen LogP contribution is 2.34. The molecule has 0 amide bonds. The van der Waals surface area contributed by atoms with Gasteiger partial charge in [0, 0.05) is 16.6 Å². The van der Waals surface area contributed by atoms with Crippen molar-refractivity contribution in [2.24, 2.45) is 0 Å². The summed E-state index contributed by atoms with van der Waals surface area (Å²) in [5.74, 6) is 0. The van der Waals surface area contributed by atoms with Gasteiger partial charge in [0.05, 0.1) is 0 Å². The summed E-state index contributed by atoms with van der Waals surface area (Å²) in [6, 6.07) is 16.5. The van der Waals surface area contributed by atoms with Crippen molar-refractivity contribution in [3.05, 3.63) is 69.2 Å². The molecule has 2 atom stereocenters. The molecule has 0 spiro atoms. The summed E-state index contributed by atoms with van der Waals surface area (Å²) in [6.07, 6.45) is 3.48. The van der Waals surface area contributed by atoms with Gasteiger partial charge in [-0.2, -0.15) is 0 Å². The SMILES string of the molecule is CCc1ccc(C(C)NC2CCc3cc(Br)ccc32)cc1. The third kappa shape index (κ3) is 3.22. The van der Waals surface area contributed by atoms with E-state index in [1.807, 2.05) is 0 Å². The predicted octanol–water partition coefficient (Wildman–Crippen LogP) is 5.35. The van der Waals surface area contributed by atoms with Crippen molar-refractivity contribution < 1.29 is 0 Å². The fourth-order valence-electron chi connectivity index (χ4n) is 3.20. The lowest BCUT2D eigenvalue weighted by atomic mass is 10.0. The molecular weight excluding hydrogens is 322 g/mol. The highest BCUT2D eigenvalue weighted by atomic mass is 79.9. The third-order valence-corrected chi connectivity index (χ3v) is 5.02. The van der Waals surface area contributed by atoms with Crippen LogP contribution in [0.5, 0.6) is 0 Å². The van der Waals surface area contributed by atoms with E-state index in [0.717, 1.165) is 6.42 Å². The van der Waals surface area contributed by atoms with Crippen molar-refractivity contribution in [1.82, 2.24) is 5.32 Å². The van der Waals surface area contributed by atoms with Crippen LogP contribution >= 0.6 is 15.9 Å². The van der Waals surface area contributed by atoms with Crippen molar-refractivity contribution in [3.8, 4) is 0 Å². The van der Waals surface area contributed by atoms with Gasteiger partial charge in [0.1, 0.15) is 0 Å². The van der Waals surface area contributed by atoms with E-state index in [9.17, 15) is 0 Å². The minimum atomic E-state index is 0.385. The first-order chi connectivity index (χ1) is 10.2. The highest BCUT2D eigenvalue weighted by molar-refractivity contribution is 9.10. The predicted molar refractivity (Wildman–Crippen MR) is 92.6 cm³/mol. The zero-order valence-corrected chi connectivity index (χ0v) is 14.3. The first-order valence-electron chi connectivity index (χ1n) is 7.80. The summed E-state index contributed by atoms with van der Waals surface area (Å²) >= 11 is 3.57. The fourth-order valence-corrected chi connectivity index (χ4v) is 3.61. The molecule has 1 nitrogen and oxygen atoms in total. The van der Waals surface area contributed by atoms with Gasteiger partial charge in [0.2, 0.25) is 0 Å². The van der Waals surface area contributed by atoms with E-state index in [1.54, 1.807) is 0 Å². The molecule has 2 heteroatoms. The van der Waals surface area contributed by atoms with E-state index in [-0.39, 0.29) is 0 Å². The lowest BCUT2D eigenvalue weighted by Crippen LogP contribution is -2.23. The van der Waals surface area contributed by atoms with Crippen LogP contribution in [0.25, 0.3) is 0 Å². The van der Waals surface area contributed by atoms with Gasteiger partial charge in [0.25, 0.3) is 0 Å². The zero-order chi connectivity index (χ0) is 14.8. The smallest absolute Gasteiger partial charge is 0.0331 e. The fraction of sp³-hybridized carbons (Fsp3) is 0.368. The second-order valence-electron chi connectivity index (χ2n) is 5.92. The molecule has 21 heavy (non-hydrogen) atoms. The van der Waals surface area contributed by atoms with Gasteiger partial charge in [0.15, 0.2) is 0 Å². The minimum Gasteiger partial charge on any atom is -0.303 e. The Hall–Kier alpha value is -1.12. The number of rotatable bonds is 4. The van der Waals surface area contributed by atoms with Crippen molar-refractivity contribution in [2.75, 3.05) is 0 Å². The number of benzene rings is 2. The molecule has 0 heterocycles. The Bertz CT molecular complexity index is 618. The van der Waals surface area contributed by atoms with E-state index in [0.29, 0.717) is 12.1 Å². The van der Waals surface area contributed by atoms with E-state index in [1.165, 1.54) is 39.6 Å². The Morgan fingerprint density at radius 2 is 1.95 bits per heavy atom.